The summed E-state index contributed by atoms with van der Waals surface area (Å²) in [5, 5.41) is 107. The second kappa shape index (κ2) is 27.2. The summed E-state index contributed by atoms with van der Waals surface area (Å²) in [5.74, 6) is 1.84. The quantitative estimate of drug-likeness (QED) is 0.0217. The van der Waals surface area contributed by atoms with Gasteiger partial charge in [-0.1, -0.05) is 102 Å². The van der Waals surface area contributed by atoms with Gasteiger partial charge in [-0.2, -0.15) is 0 Å². The van der Waals surface area contributed by atoms with Crippen LogP contribution in [0.15, 0.2) is 101 Å². The largest absolute Gasteiger partial charge is 0.508 e. The van der Waals surface area contributed by atoms with E-state index in [1.54, 1.807) is 31.2 Å². The number of phenols is 1. The molecule has 2 aromatic carbocycles. The van der Waals surface area contributed by atoms with Gasteiger partial charge in [0.25, 0.3) is 0 Å². The Hall–Kier alpha value is -5.14. The van der Waals surface area contributed by atoms with Crippen LogP contribution in [-0.2, 0) is 25.7 Å². The molecule has 7 aliphatic carbocycles. The number of cyclic esters (lactones) is 1. The first-order valence-electron chi connectivity index (χ1n) is 34.1. The van der Waals surface area contributed by atoms with Gasteiger partial charge in [0.15, 0.2) is 17.5 Å². The predicted octanol–water partition coefficient (Wildman–Crippen LogP) is 7.83. The van der Waals surface area contributed by atoms with Gasteiger partial charge in [-0.25, -0.2) is 4.99 Å². The molecule has 13 N–H and O–H groups in total. The lowest BCUT2D eigenvalue weighted by atomic mass is 9.43. The molecular weight excluding hydrogens is 1200 g/mol. The van der Waals surface area contributed by atoms with Crippen LogP contribution in [-0.4, -0.2) is 142 Å². The summed E-state index contributed by atoms with van der Waals surface area (Å²) in [6.45, 7) is 7.47. The van der Waals surface area contributed by atoms with Crippen molar-refractivity contribution >= 4 is 45.1 Å². The number of ether oxygens (including phenoxy) is 1. The van der Waals surface area contributed by atoms with Gasteiger partial charge in [-0.15, -0.1) is 5.92 Å². The highest BCUT2D eigenvalue weighted by Gasteiger charge is 2.75. The zero-order valence-electron chi connectivity index (χ0n) is 53.7. The maximum atomic E-state index is 16.4. The summed E-state index contributed by atoms with van der Waals surface area (Å²) in [6, 6.07) is 17.0. The van der Waals surface area contributed by atoms with Crippen molar-refractivity contribution in [2.24, 2.45) is 92.6 Å². The Labute approximate surface area is 549 Å². The number of aliphatic hydroxyl groups excluding tert-OH is 5. The van der Waals surface area contributed by atoms with Gasteiger partial charge in [0, 0.05) is 90.8 Å². The zero-order valence-corrected chi connectivity index (χ0v) is 55.3. The summed E-state index contributed by atoms with van der Waals surface area (Å²) < 4.78 is 6.33. The van der Waals surface area contributed by atoms with Gasteiger partial charge in [-0.05, 0) is 171 Å². The van der Waals surface area contributed by atoms with E-state index in [0.29, 0.717) is 49.5 Å². The van der Waals surface area contributed by atoms with E-state index in [0.717, 1.165) is 36.0 Å². The summed E-state index contributed by atoms with van der Waals surface area (Å²) in [6.07, 6.45) is 7.35. The molecule has 12 rings (SSSR count). The van der Waals surface area contributed by atoms with Crippen molar-refractivity contribution in [1.29, 1.82) is 0 Å². The van der Waals surface area contributed by atoms with E-state index >= 15 is 14.7 Å². The number of ketones is 2. The molecule has 498 valence electrons. The number of aromatic hydroxyl groups is 1. The smallest absolute Gasteiger partial charge is 0.314 e. The number of nitrogens with one attached hydrogen (secondary N) is 3. The Morgan fingerprint density at radius 1 is 0.913 bits per heavy atom. The Bertz CT molecular complexity index is 3320. The number of hydrogen-bond acceptors (Lipinski definition) is 16. The highest BCUT2D eigenvalue weighted by Crippen LogP contribution is 2.73. The van der Waals surface area contributed by atoms with E-state index in [4.69, 9.17) is 15.5 Å². The number of Topliss-reactive ketones (excluding diaryl/α,β-unsaturated/α-hetero) is 2. The van der Waals surface area contributed by atoms with Crippen molar-refractivity contribution in [3.8, 4) is 17.6 Å². The van der Waals surface area contributed by atoms with Crippen molar-refractivity contribution in [3.05, 3.63) is 113 Å². The number of H-pyrrole nitrogens is 1. The molecule has 92 heavy (non-hydrogen) atoms. The lowest BCUT2D eigenvalue weighted by Gasteiger charge is -2.63. The van der Waals surface area contributed by atoms with Gasteiger partial charge < -0.3 is 66.9 Å². The zero-order chi connectivity index (χ0) is 65.0. The maximum absolute atomic E-state index is 16.4. The number of carbonyl (C=O) groups is 3. The normalized spacial score (nSPS) is 41.7. The summed E-state index contributed by atoms with van der Waals surface area (Å²) in [7, 11) is 2.97. The minimum atomic E-state index is -2.02. The fourth-order valence-electron chi connectivity index (χ4n) is 20.3. The number of aliphatic imine (C=N–C) groups is 1. The molecule has 3 heterocycles. The number of aliphatic hydroxyl groups is 7. The minimum Gasteiger partial charge on any atom is -0.508 e. The van der Waals surface area contributed by atoms with Crippen molar-refractivity contribution in [2.45, 2.75) is 178 Å². The van der Waals surface area contributed by atoms with E-state index in [9.17, 15) is 40.5 Å². The summed E-state index contributed by atoms with van der Waals surface area (Å²) in [4.78, 5) is 53.7. The second-order valence-electron chi connectivity index (χ2n) is 29.6. The Morgan fingerprint density at radius 3 is 2.41 bits per heavy atom. The molecule has 4 saturated carbocycles. The SMILES string of the molecule is CC[C@@H]1OC(=O)[C@@H](c2cc[nH]c2)[C@H]1[C@@H]1C#CC[C@H]2C[C@@]3(O)C4=C5N[C@H](CO)C(=O)C[C@@H](c6ccc(O)cc6)CSSC[C@H]6[C@@H](O)[C@@H](O)C[C@@](C)([C@@H]6C5=O)[C@H]4CC[C@]3(CCNC(N)=NCc3ccccc3)[C@H]2[C@@](C)(O)[C@H](O)C[C@@H](CO)[C@@H]2CC=C3CC[C@H](C)C[C@@H]3[C@@H]2C1. The number of carbonyl (C=O) groups excluding carboxylic acids is 3. The molecule has 23 atom stereocenters. The Morgan fingerprint density at radius 2 is 1.68 bits per heavy atom. The number of fused-ring (bicyclic) bond motifs is 10. The second-order valence-corrected chi connectivity index (χ2v) is 32.1. The molecule has 3 aromatic rings. The van der Waals surface area contributed by atoms with E-state index in [1.165, 1.54) is 27.2 Å². The van der Waals surface area contributed by atoms with E-state index < -0.39 is 106 Å². The van der Waals surface area contributed by atoms with Crippen LogP contribution in [0.1, 0.15) is 146 Å². The van der Waals surface area contributed by atoms with Crippen molar-refractivity contribution < 1.29 is 60.0 Å². The molecule has 9 aliphatic rings. The number of rotatable bonds is 11. The number of aromatic nitrogens is 1. The Balaban J connectivity index is 1.04. The highest BCUT2D eigenvalue weighted by atomic mass is 33.1. The van der Waals surface area contributed by atoms with Crippen molar-refractivity contribution in [2.75, 3.05) is 31.3 Å². The van der Waals surface area contributed by atoms with Crippen LogP contribution in [0.3, 0.4) is 0 Å². The topological polar surface area (TPSA) is 301 Å². The van der Waals surface area contributed by atoms with Crippen molar-refractivity contribution in [3.63, 3.8) is 0 Å². The number of benzene rings is 2. The number of esters is 1. The predicted molar refractivity (Wildman–Crippen MR) is 355 cm³/mol. The number of hydrogen-bond donors (Lipinski definition) is 12. The third-order valence-corrected chi connectivity index (χ3v) is 27.2. The number of guanidine groups is 1. The number of aromatic amines is 1. The molecular formula is C73H97N5O12S2. The molecule has 2 aliphatic heterocycles. The molecule has 17 nitrogen and oxygen atoms in total. The molecule has 2 bridgehead atoms. The minimum absolute atomic E-state index is 0.0133. The van der Waals surface area contributed by atoms with Gasteiger partial charge in [0.05, 0.1) is 54.3 Å². The van der Waals surface area contributed by atoms with Gasteiger partial charge in [0.1, 0.15) is 17.9 Å². The summed E-state index contributed by atoms with van der Waals surface area (Å²) >= 11 is 0. The number of allylic oxidation sites excluding steroid dienone is 3. The van der Waals surface area contributed by atoms with Crippen LogP contribution in [0.5, 0.6) is 5.75 Å². The first-order chi connectivity index (χ1) is 44.2. The van der Waals surface area contributed by atoms with Gasteiger partial charge >= 0.3 is 5.97 Å². The van der Waals surface area contributed by atoms with Crippen molar-refractivity contribution in [1.82, 2.24) is 15.6 Å². The molecule has 2 saturated heterocycles. The van der Waals surface area contributed by atoms with Crippen LogP contribution in [0, 0.1) is 93.7 Å². The number of phenolic OH excluding ortho intramolecular Hbond substituents is 1. The third kappa shape index (κ3) is 12.1. The first kappa shape index (κ1) is 66.9. The standard InChI is InChI=1S/C73H97N5O12S2/c1-5-58-60(61(68(87)90-58)46-23-26-75-35-46)44-12-9-13-45-32-73(89)63-54(70(3)33-57(83)65(85)53-39-92-91-38-48(42-16-19-49(81)20-17-42)30-56(82)55(37-80)78-64(63)66(86)62(53)70)22-24-72(73,25-27-76-69(74)77-34-41-10-7-6-8-11-41)67(45)71(4,88)59(84)31-47(36-79)50-21-18-43-15-14-40(2)28-51(43)52(50)29-44/h6-8,10-11,16-20,23,26,35,40,44-45,47-48,50-55,57-62,65,67,75,78-81,83-85,88-89H,5,13-15,21-22,24-25,27-34,36-39H2,1-4H3,(H3,74,76,77)/t40-,44+,45-,47-,48+,50-,51-,52+,53+,54-,55+,57-,58-,59+,60-,61-,62-,65+,67+,70+,71-,72-,73+/m0/s1. The molecule has 0 spiro atoms. The highest BCUT2D eigenvalue weighted by molar-refractivity contribution is 8.76. The van der Waals surface area contributed by atoms with Crippen LogP contribution in [0.2, 0.25) is 0 Å². The molecule has 6 fully saturated rings. The van der Waals surface area contributed by atoms with E-state index in [-0.39, 0.29) is 129 Å². The molecule has 0 unspecified atom stereocenters. The molecule has 0 radical (unpaired) electrons. The van der Waals surface area contributed by atoms with E-state index in [2.05, 4.69) is 40.5 Å². The molecule has 0 amide bonds. The number of nitrogens with zero attached hydrogens (tertiary/aromatic N) is 1. The van der Waals surface area contributed by atoms with Crippen LogP contribution in [0.4, 0.5) is 0 Å². The fraction of sp³-hybridized carbons (Fsp3) is 0.644. The molecule has 1 aromatic heterocycles. The molecule has 19 heteroatoms. The lowest BCUT2D eigenvalue weighted by molar-refractivity contribution is -0.194. The third-order valence-electron chi connectivity index (χ3n) is 24.6. The first-order valence-corrected chi connectivity index (χ1v) is 36.5. The Kier molecular flexibility index (Phi) is 19.7. The average molecular weight is 1300 g/mol. The maximum Gasteiger partial charge on any atom is 0.314 e. The number of nitrogens with two attached hydrogens (primary N) is 1. The van der Waals surface area contributed by atoms with E-state index in [1.807, 2.05) is 62.6 Å². The summed E-state index contributed by atoms with van der Waals surface area (Å²) in [5.41, 5.74) is 4.54. The fourth-order valence-corrected chi connectivity index (χ4v) is 23.0. The van der Waals surface area contributed by atoms with Crippen LogP contribution < -0.4 is 16.4 Å². The van der Waals surface area contributed by atoms with Crippen LogP contribution in [0.25, 0.3) is 0 Å². The average Bonchev–Trinajstić information content (AvgIpc) is 1.31. The van der Waals surface area contributed by atoms with Crippen LogP contribution >= 0.6 is 21.6 Å². The lowest BCUT2D eigenvalue weighted by Crippen LogP contribution is -2.67. The monoisotopic (exact) mass is 1300 g/mol. The van der Waals surface area contributed by atoms with Gasteiger partial charge in [-0.3, -0.25) is 14.4 Å². The van der Waals surface area contributed by atoms with Gasteiger partial charge in [0.2, 0.25) is 0 Å².